The number of pyridine rings is 1. The predicted molar refractivity (Wildman–Crippen MR) is 50.8 cm³/mol. The van der Waals surface area contributed by atoms with Crippen molar-refractivity contribution in [2.45, 2.75) is 0 Å². The minimum atomic E-state index is -0.919. The Morgan fingerprint density at radius 3 is 2.43 bits per heavy atom. The quantitative estimate of drug-likeness (QED) is 0.669. The average molecular weight is 189 g/mol. The number of H-pyrrole nitrogens is 1. The maximum Gasteiger partial charge on any atom is 0.335 e. The molecule has 0 fully saturated rings. The van der Waals surface area contributed by atoms with Crippen LogP contribution < -0.4 is 0 Å². The number of carboxylic acid groups (broad SMARTS) is 1. The highest BCUT2D eigenvalue weighted by Crippen LogP contribution is 1.93. The fraction of sp³-hybridized carbons (Fsp3) is 0. The first-order chi connectivity index (χ1) is 6.80. The zero-order valence-corrected chi connectivity index (χ0v) is 7.34. The highest BCUT2D eigenvalue weighted by Gasteiger charge is 1.97. The first-order valence-electron chi connectivity index (χ1n) is 3.93. The van der Waals surface area contributed by atoms with Crippen molar-refractivity contribution in [2.75, 3.05) is 0 Å². The molecule has 0 aliphatic carbocycles. The van der Waals surface area contributed by atoms with Crippen molar-refractivity contribution in [2.24, 2.45) is 0 Å². The summed E-state index contributed by atoms with van der Waals surface area (Å²) in [6.07, 6.45) is 7.45. The molecule has 4 heteroatoms. The molecule has 0 saturated heterocycles. The normalized spacial score (nSPS) is 8.57. The van der Waals surface area contributed by atoms with Gasteiger partial charge in [0.25, 0.3) is 0 Å². The third-order valence-electron chi connectivity index (χ3n) is 1.37. The fourth-order valence-electron chi connectivity index (χ4n) is 0.735. The Hall–Kier alpha value is -2.10. The summed E-state index contributed by atoms with van der Waals surface area (Å²) in [5, 5.41) is 8.36. The lowest BCUT2D eigenvalue weighted by Crippen LogP contribution is -1.94. The van der Waals surface area contributed by atoms with Gasteiger partial charge in [0.1, 0.15) is 0 Å². The first kappa shape index (κ1) is 9.98. The van der Waals surface area contributed by atoms with Gasteiger partial charge in [-0.05, 0) is 12.1 Å². The van der Waals surface area contributed by atoms with E-state index in [-0.39, 0.29) is 5.56 Å². The average Bonchev–Trinajstić information content (AvgIpc) is 2.77. The van der Waals surface area contributed by atoms with E-state index in [1.54, 1.807) is 0 Å². The molecule has 0 atom stereocenters. The Morgan fingerprint density at radius 2 is 2.14 bits per heavy atom. The summed E-state index contributed by atoms with van der Waals surface area (Å²) < 4.78 is 0. The second-order valence-corrected chi connectivity index (χ2v) is 2.36. The molecule has 2 aromatic heterocycles. The number of rotatable bonds is 1. The Bertz CT molecular complexity index is 340. The summed E-state index contributed by atoms with van der Waals surface area (Å²) in [5.41, 5.74) is 0.269. The number of carbonyl (C=O) groups is 1. The molecule has 0 aliphatic rings. The van der Waals surface area contributed by atoms with Gasteiger partial charge < -0.3 is 10.1 Å². The maximum atomic E-state index is 10.2. The lowest BCUT2D eigenvalue weighted by molar-refractivity contribution is 0.0697. The van der Waals surface area contributed by atoms with E-state index < -0.39 is 5.97 Å². The zero-order valence-electron chi connectivity index (χ0n) is 7.34. The predicted octanol–water partition coefficient (Wildman–Crippen LogP) is 1.59. The van der Waals surface area contributed by atoms with Gasteiger partial charge in [-0.1, -0.05) is 0 Å². The van der Waals surface area contributed by atoms with E-state index in [9.17, 15) is 4.79 Å². The Kier molecular flexibility index (Phi) is 3.94. The van der Waals surface area contributed by atoms with Gasteiger partial charge in [0, 0.05) is 12.4 Å². The van der Waals surface area contributed by atoms with E-state index in [2.05, 4.69) is 16.2 Å². The van der Waals surface area contributed by atoms with Crippen LogP contribution in [-0.4, -0.2) is 21.0 Å². The molecule has 0 saturated carbocycles. The van der Waals surface area contributed by atoms with Gasteiger partial charge in [0.15, 0.2) is 0 Å². The molecule has 2 aromatic rings. The standard InChI is InChI=1S/C6H5NO2.C4H4N/c8-6(9)5-1-3-7-4-2-5;1-2-4-5-3-1/h1-4H,(H,8,9);1-3,5H/q;-1. The monoisotopic (exact) mass is 189 g/mol. The number of aromatic carboxylic acids is 1. The van der Waals surface area contributed by atoms with Gasteiger partial charge >= 0.3 is 5.97 Å². The van der Waals surface area contributed by atoms with E-state index >= 15 is 0 Å². The van der Waals surface area contributed by atoms with Crippen LogP contribution in [0.3, 0.4) is 0 Å². The third-order valence-corrected chi connectivity index (χ3v) is 1.37. The molecule has 2 rings (SSSR count). The van der Waals surface area contributed by atoms with Crippen LogP contribution in [0.4, 0.5) is 0 Å². The van der Waals surface area contributed by atoms with Crippen molar-refractivity contribution in [3.05, 3.63) is 54.6 Å². The number of nitrogens with one attached hydrogen (secondary N) is 1. The second kappa shape index (κ2) is 5.53. The SMILES string of the molecule is O=C(O)c1ccncc1.[c-]1ccc[nH]1. The van der Waals surface area contributed by atoms with Crippen molar-refractivity contribution < 1.29 is 9.90 Å². The first-order valence-corrected chi connectivity index (χ1v) is 3.93. The highest BCUT2D eigenvalue weighted by molar-refractivity contribution is 5.87. The Balaban J connectivity index is 0.000000165. The van der Waals surface area contributed by atoms with Gasteiger partial charge in [-0.15, -0.1) is 6.20 Å². The third kappa shape index (κ3) is 3.53. The number of aromatic nitrogens is 2. The maximum absolute atomic E-state index is 10.2. The Morgan fingerprint density at radius 1 is 1.43 bits per heavy atom. The van der Waals surface area contributed by atoms with Gasteiger partial charge in [-0.25, -0.2) is 4.79 Å². The van der Waals surface area contributed by atoms with Crippen LogP contribution in [0.15, 0.2) is 42.9 Å². The molecule has 2 N–H and O–H groups in total. The molecule has 0 bridgehead atoms. The molecule has 4 nitrogen and oxygen atoms in total. The summed E-state index contributed by atoms with van der Waals surface area (Å²) in [7, 11) is 0. The molecule has 0 spiro atoms. The summed E-state index contributed by atoms with van der Waals surface area (Å²) in [6, 6.07) is 6.60. The zero-order chi connectivity index (χ0) is 10.2. The summed E-state index contributed by atoms with van der Waals surface area (Å²) in [5.74, 6) is -0.919. The second-order valence-electron chi connectivity index (χ2n) is 2.36. The van der Waals surface area contributed by atoms with E-state index in [0.29, 0.717) is 0 Å². The van der Waals surface area contributed by atoms with Crippen LogP contribution in [0.5, 0.6) is 0 Å². The number of carboxylic acids is 1. The summed E-state index contributed by atoms with van der Waals surface area (Å²) in [4.78, 5) is 16.6. The molecule has 0 aliphatic heterocycles. The summed E-state index contributed by atoms with van der Waals surface area (Å²) >= 11 is 0. The van der Waals surface area contributed by atoms with Crippen molar-refractivity contribution in [3.8, 4) is 0 Å². The van der Waals surface area contributed by atoms with Crippen LogP contribution in [0.25, 0.3) is 0 Å². The van der Waals surface area contributed by atoms with Crippen molar-refractivity contribution in [3.63, 3.8) is 0 Å². The van der Waals surface area contributed by atoms with Crippen molar-refractivity contribution in [1.82, 2.24) is 9.97 Å². The van der Waals surface area contributed by atoms with Crippen LogP contribution >= 0.6 is 0 Å². The van der Waals surface area contributed by atoms with E-state index in [1.807, 2.05) is 18.3 Å². The van der Waals surface area contributed by atoms with Crippen LogP contribution in [0.2, 0.25) is 0 Å². The molecule has 2 heterocycles. The van der Waals surface area contributed by atoms with Gasteiger partial charge in [-0.2, -0.15) is 18.3 Å². The lowest BCUT2D eigenvalue weighted by Gasteiger charge is -1.87. The fourth-order valence-corrected chi connectivity index (χ4v) is 0.735. The van der Waals surface area contributed by atoms with Gasteiger partial charge in [-0.3, -0.25) is 4.98 Å². The van der Waals surface area contributed by atoms with Gasteiger partial charge in [0.2, 0.25) is 0 Å². The molecular formula is C10H9N2O2-. The Labute approximate surface area is 81.2 Å². The van der Waals surface area contributed by atoms with Crippen LogP contribution in [0.1, 0.15) is 10.4 Å². The molecule has 0 radical (unpaired) electrons. The number of hydrogen-bond acceptors (Lipinski definition) is 2. The van der Waals surface area contributed by atoms with E-state index in [1.165, 1.54) is 24.5 Å². The number of nitrogens with zero attached hydrogens (tertiary/aromatic N) is 1. The van der Waals surface area contributed by atoms with Crippen molar-refractivity contribution in [1.29, 1.82) is 0 Å². The highest BCUT2D eigenvalue weighted by atomic mass is 16.4. The molecule has 0 aromatic carbocycles. The van der Waals surface area contributed by atoms with E-state index in [0.717, 1.165) is 0 Å². The van der Waals surface area contributed by atoms with Crippen LogP contribution in [0, 0.1) is 6.20 Å². The van der Waals surface area contributed by atoms with Crippen LogP contribution in [-0.2, 0) is 0 Å². The van der Waals surface area contributed by atoms with Crippen molar-refractivity contribution >= 4 is 5.97 Å². The molecule has 0 unspecified atom stereocenters. The molecule has 0 amide bonds. The number of aromatic amines is 1. The van der Waals surface area contributed by atoms with Gasteiger partial charge in [0.05, 0.1) is 5.56 Å². The molecular weight excluding hydrogens is 180 g/mol. The minimum absolute atomic E-state index is 0.269. The smallest absolute Gasteiger partial charge is 0.335 e. The lowest BCUT2D eigenvalue weighted by atomic mass is 10.3. The minimum Gasteiger partial charge on any atom is -0.484 e. The molecule has 72 valence electrons. The van der Waals surface area contributed by atoms with E-state index in [4.69, 9.17) is 5.11 Å². The molecule has 14 heavy (non-hydrogen) atoms. The summed E-state index contributed by atoms with van der Waals surface area (Å²) in [6.45, 7) is 0. The number of hydrogen-bond donors (Lipinski definition) is 2. The topological polar surface area (TPSA) is 66.0 Å². The largest absolute Gasteiger partial charge is 0.484 e.